The molecule has 0 spiro atoms. The maximum atomic E-state index is 12.3. The summed E-state index contributed by atoms with van der Waals surface area (Å²) in [6.45, 7) is 3.89. The largest absolute Gasteiger partial charge is 0.409 e. The first kappa shape index (κ1) is 15.8. The van der Waals surface area contributed by atoms with Crippen LogP contribution >= 0.6 is 0 Å². The van der Waals surface area contributed by atoms with Crippen molar-refractivity contribution >= 4 is 11.7 Å². The molecule has 0 aromatic carbocycles. The van der Waals surface area contributed by atoms with Crippen molar-refractivity contribution in [2.24, 2.45) is 22.7 Å². The molecule has 1 aliphatic carbocycles. The van der Waals surface area contributed by atoms with Crippen LogP contribution in [-0.4, -0.2) is 23.0 Å². The van der Waals surface area contributed by atoms with Crippen LogP contribution in [0.3, 0.4) is 0 Å². The average Bonchev–Trinajstić information content (AvgIpc) is 2.34. The number of carbonyl (C=O) groups is 1. The molecule has 1 atom stereocenters. The molecule has 0 saturated heterocycles. The summed E-state index contributed by atoms with van der Waals surface area (Å²) in [5.41, 5.74) is 5.64. The highest BCUT2D eigenvalue weighted by atomic mass is 16.4. The van der Waals surface area contributed by atoms with Gasteiger partial charge < -0.3 is 16.3 Å². The van der Waals surface area contributed by atoms with Crippen molar-refractivity contribution in [1.29, 1.82) is 0 Å². The minimum Gasteiger partial charge on any atom is -0.409 e. The van der Waals surface area contributed by atoms with Crippen LogP contribution < -0.4 is 11.1 Å². The Hall–Kier alpha value is -1.26. The van der Waals surface area contributed by atoms with Crippen molar-refractivity contribution in [3.8, 4) is 0 Å². The Morgan fingerprint density at radius 1 is 1.21 bits per heavy atom. The van der Waals surface area contributed by atoms with Gasteiger partial charge in [-0.15, -0.1) is 0 Å². The zero-order valence-electron chi connectivity index (χ0n) is 12.1. The number of rotatable bonds is 4. The van der Waals surface area contributed by atoms with Gasteiger partial charge in [-0.2, -0.15) is 0 Å². The van der Waals surface area contributed by atoms with Crippen LogP contribution in [0.25, 0.3) is 0 Å². The van der Waals surface area contributed by atoms with Crippen LogP contribution in [0.2, 0.25) is 0 Å². The number of nitrogens with zero attached hydrogens (tertiary/aromatic N) is 1. The van der Waals surface area contributed by atoms with E-state index in [0.717, 1.165) is 25.7 Å². The molecule has 5 nitrogen and oxygen atoms in total. The summed E-state index contributed by atoms with van der Waals surface area (Å²) in [4.78, 5) is 12.3. The van der Waals surface area contributed by atoms with Gasteiger partial charge in [0.15, 0.2) is 5.84 Å². The van der Waals surface area contributed by atoms with E-state index in [4.69, 9.17) is 10.9 Å². The number of hydrogen-bond acceptors (Lipinski definition) is 3. The Bertz CT molecular complexity index is 308. The third-order valence-corrected chi connectivity index (χ3v) is 3.87. The van der Waals surface area contributed by atoms with Gasteiger partial charge in [-0.3, -0.25) is 4.79 Å². The molecule has 1 unspecified atom stereocenters. The summed E-state index contributed by atoms with van der Waals surface area (Å²) in [5.74, 6) is 0.308. The van der Waals surface area contributed by atoms with E-state index in [9.17, 15) is 4.79 Å². The zero-order chi connectivity index (χ0) is 14.3. The normalized spacial score (nSPS) is 20.7. The topological polar surface area (TPSA) is 87.7 Å². The molecule has 1 rings (SSSR count). The number of amides is 1. The zero-order valence-corrected chi connectivity index (χ0v) is 12.1. The molecule has 19 heavy (non-hydrogen) atoms. The number of amidine groups is 1. The second-order valence-electron chi connectivity index (χ2n) is 5.80. The monoisotopic (exact) mass is 269 g/mol. The molecule has 1 aliphatic rings. The lowest BCUT2D eigenvalue weighted by molar-refractivity contribution is -0.126. The molecule has 0 bridgehead atoms. The fourth-order valence-electron chi connectivity index (χ4n) is 2.63. The van der Waals surface area contributed by atoms with E-state index in [1.807, 2.05) is 13.8 Å². The predicted molar refractivity (Wildman–Crippen MR) is 76.0 cm³/mol. The van der Waals surface area contributed by atoms with Gasteiger partial charge in [-0.05, 0) is 18.8 Å². The first-order valence-corrected chi connectivity index (χ1v) is 7.34. The highest BCUT2D eigenvalue weighted by Gasteiger charge is 2.25. The van der Waals surface area contributed by atoms with E-state index in [-0.39, 0.29) is 29.6 Å². The van der Waals surface area contributed by atoms with E-state index in [0.29, 0.717) is 0 Å². The summed E-state index contributed by atoms with van der Waals surface area (Å²) in [6.07, 6.45) is 7.87. The van der Waals surface area contributed by atoms with Gasteiger partial charge in [-0.25, -0.2) is 0 Å². The lowest BCUT2D eigenvalue weighted by Crippen LogP contribution is -2.49. The van der Waals surface area contributed by atoms with Crippen LogP contribution in [0.15, 0.2) is 5.16 Å². The first-order chi connectivity index (χ1) is 9.06. The van der Waals surface area contributed by atoms with Crippen LogP contribution in [0.4, 0.5) is 0 Å². The van der Waals surface area contributed by atoms with Crippen molar-refractivity contribution in [2.45, 2.75) is 64.8 Å². The summed E-state index contributed by atoms with van der Waals surface area (Å²) in [5, 5.41) is 14.7. The van der Waals surface area contributed by atoms with Crippen molar-refractivity contribution < 1.29 is 10.0 Å². The number of carbonyl (C=O) groups excluding carboxylic acids is 1. The SMILES string of the molecule is CC(C)C(NC(=O)C1CCCCCCC1)C(N)=NO. The van der Waals surface area contributed by atoms with Crippen LogP contribution in [0.5, 0.6) is 0 Å². The summed E-state index contributed by atoms with van der Waals surface area (Å²) < 4.78 is 0. The molecule has 0 heterocycles. The van der Waals surface area contributed by atoms with Gasteiger partial charge in [0.25, 0.3) is 0 Å². The molecule has 1 saturated carbocycles. The predicted octanol–water partition coefficient (Wildman–Crippen LogP) is 2.23. The number of oxime groups is 1. The van der Waals surface area contributed by atoms with Gasteiger partial charge in [0.2, 0.25) is 5.91 Å². The van der Waals surface area contributed by atoms with E-state index in [1.54, 1.807) is 0 Å². The molecule has 0 radical (unpaired) electrons. The minimum absolute atomic E-state index is 0.0483. The fourth-order valence-corrected chi connectivity index (χ4v) is 2.63. The second-order valence-corrected chi connectivity index (χ2v) is 5.80. The molecular formula is C14H27N3O2. The molecule has 1 amide bonds. The lowest BCUT2D eigenvalue weighted by Gasteiger charge is -2.25. The second kappa shape index (κ2) is 8.02. The van der Waals surface area contributed by atoms with E-state index in [2.05, 4.69) is 10.5 Å². The van der Waals surface area contributed by atoms with E-state index in [1.165, 1.54) is 19.3 Å². The maximum absolute atomic E-state index is 12.3. The van der Waals surface area contributed by atoms with Gasteiger partial charge in [-0.1, -0.05) is 51.1 Å². The summed E-state index contributed by atoms with van der Waals surface area (Å²) >= 11 is 0. The third-order valence-electron chi connectivity index (χ3n) is 3.87. The van der Waals surface area contributed by atoms with Gasteiger partial charge in [0, 0.05) is 5.92 Å². The van der Waals surface area contributed by atoms with Crippen LogP contribution in [0, 0.1) is 11.8 Å². The van der Waals surface area contributed by atoms with Crippen molar-refractivity contribution in [3.05, 3.63) is 0 Å². The maximum Gasteiger partial charge on any atom is 0.223 e. The third kappa shape index (κ3) is 5.09. The van der Waals surface area contributed by atoms with E-state index >= 15 is 0 Å². The number of hydrogen-bond donors (Lipinski definition) is 3. The molecular weight excluding hydrogens is 242 g/mol. The van der Waals surface area contributed by atoms with Crippen LogP contribution in [-0.2, 0) is 4.79 Å². The van der Waals surface area contributed by atoms with E-state index < -0.39 is 0 Å². The smallest absolute Gasteiger partial charge is 0.223 e. The Morgan fingerprint density at radius 3 is 2.21 bits per heavy atom. The van der Waals surface area contributed by atoms with Crippen molar-refractivity contribution in [1.82, 2.24) is 5.32 Å². The molecule has 5 heteroatoms. The van der Waals surface area contributed by atoms with Crippen molar-refractivity contribution in [3.63, 3.8) is 0 Å². The van der Waals surface area contributed by atoms with Crippen molar-refractivity contribution in [2.75, 3.05) is 0 Å². The Morgan fingerprint density at radius 2 is 1.74 bits per heavy atom. The highest BCUT2D eigenvalue weighted by Crippen LogP contribution is 2.22. The summed E-state index contributed by atoms with van der Waals surface area (Å²) in [7, 11) is 0. The Balaban J connectivity index is 2.59. The van der Waals surface area contributed by atoms with Gasteiger partial charge in [0.1, 0.15) is 0 Å². The average molecular weight is 269 g/mol. The molecule has 1 fully saturated rings. The molecule has 110 valence electrons. The van der Waals surface area contributed by atoms with Gasteiger partial charge in [0.05, 0.1) is 6.04 Å². The lowest BCUT2D eigenvalue weighted by atomic mass is 9.90. The molecule has 0 aromatic heterocycles. The number of nitrogens with one attached hydrogen (secondary N) is 1. The minimum atomic E-state index is -0.386. The molecule has 0 aliphatic heterocycles. The van der Waals surface area contributed by atoms with Crippen LogP contribution in [0.1, 0.15) is 58.8 Å². The fraction of sp³-hybridized carbons (Fsp3) is 0.857. The Labute approximate surface area is 115 Å². The number of nitrogens with two attached hydrogens (primary N) is 1. The first-order valence-electron chi connectivity index (χ1n) is 7.34. The standard InChI is InChI=1S/C14H27N3O2/c1-10(2)12(13(15)17-19)16-14(18)11-8-6-4-3-5-7-9-11/h10-12,19H,3-9H2,1-2H3,(H2,15,17)(H,16,18). The quantitative estimate of drug-likeness (QED) is 0.316. The molecule has 0 aromatic rings. The Kier molecular flexibility index (Phi) is 6.67. The van der Waals surface area contributed by atoms with Gasteiger partial charge >= 0.3 is 0 Å². The summed E-state index contributed by atoms with van der Waals surface area (Å²) in [6, 6.07) is -0.386. The highest BCUT2D eigenvalue weighted by molar-refractivity contribution is 5.90. The molecule has 4 N–H and O–H groups in total.